The molecular weight excluding hydrogens is 188 g/mol. The van der Waals surface area contributed by atoms with Gasteiger partial charge in [0.25, 0.3) is 0 Å². The van der Waals surface area contributed by atoms with Crippen molar-refractivity contribution in [2.75, 3.05) is 21.3 Å². The van der Waals surface area contributed by atoms with Crippen LogP contribution < -0.4 is 0 Å². The van der Waals surface area contributed by atoms with Crippen molar-refractivity contribution in [1.82, 2.24) is 0 Å². The van der Waals surface area contributed by atoms with Crippen LogP contribution in [0, 0.1) is 0 Å². The number of hydrogen-bond acceptors (Lipinski definition) is 4. The monoisotopic (exact) mass is 204 g/mol. The molecule has 0 saturated carbocycles. The number of unbranched alkanes of at least 4 members (excludes halogenated alkanes) is 1. The van der Waals surface area contributed by atoms with Crippen LogP contribution in [0.15, 0.2) is 6.08 Å². The Morgan fingerprint density at radius 2 is 1.77 bits per heavy atom. The fraction of sp³-hybridized carbons (Fsp3) is 0.750. The maximum absolute atomic E-state index is 9.88. The van der Waals surface area contributed by atoms with E-state index >= 15 is 0 Å². The van der Waals surface area contributed by atoms with Gasteiger partial charge < -0.3 is 13.3 Å². The van der Waals surface area contributed by atoms with Crippen LogP contribution >= 0.6 is 0 Å². The van der Waals surface area contributed by atoms with Gasteiger partial charge in [0.2, 0.25) is 0 Å². The molecule has 0 aliphatic rings. The maximum Gasteiger partial charge on any atom is 0.500 e. The summed E-state index contributed by atoms with van der Waals surface area (Å²) < 4.78 is 15.6. The highest BCUT2D eigenvalue weighted by atomic mass is 28.4. The van der Waals surface area contributed by atoms with Gasteiger partial charge in [0.1, 0.15) is 5.94 Å². The molecular formula is C8H16O4Si. The summed E-state index contributed by atoms with van der Waals surface area (Å²) in [6.45, 7) is 0. The zero-order chi connectivity index (χ0) is 10.2. The molecule has 0 atom stereocenters. The minimum atomic E-state index is -2.42. The molecule has 0 saturated heterocycles. The molecule has 0 fully saturated rings. The zero-order valence-electron chi connectivity index (χ0n) is 8.33. The van der Waals surface area contributed by atoms with Crippen molar-refractivity contribution >= 4 is 14.7 Å². The Bertz CT molecular complexity index is 165. The lowest BCUT2D eigenvalue weighted by Crippen LogP contribution is -2.42. The highest BCUT2D eigenvalue weighted by Gasteiger charge is 2.36. The molecule has 0 aromatic rings. The van der Waals surface area contributed by atoms with Crippen molar-refractivity contribution in [3.05, 3.63) is 6.08 Å². The number of hydrogen-bond donors (Lipinski definition) is 0. The van der Waals surface area contributed by atoms with Gasteiger partial charge in [-0.15, -0.1) is 0 Å². The van der Waals surface area contributed by atoms with Crippen LogP contribution in [0.1, 0.15) is 12.8 Å². The topological polar surface area (TPSA) is 44.8 Å². The van der Waals surface area contributed by atoms with Gasteiger partial charge in [0.15, 0.2) is 0 Å². The summed E-state index contributed by atoms with van der Waals surface area (Å²) >= 11 is 0. The molecule has 76 valence electrons. The third-order valence-corrected chi connectivity index (χ3v) is 4.68. The Morgan fingerprint density at radius 1 is 1.23 bits per heavy atom. The van der Waals surface area contributed by atoms with Crippen molar-refractivity contribution < 1.29 is 18.1 Å². The van der Waals surface area contributed by atoms with E-state index in [0.717, 1.165) is 6.42 Å². The van der Waals surface area contributed by atoms with Gasteiger partial charge in [-0.3, -0.25) is 0 Å². The molecule has 4 nitrogen and oxygen atoms in total. The number of rotatable bonds is 7. The van der Waals surface area contributed by atoms with Crippen molar-refractivity contribution in [3.63, 3.8) is 0 Å². The predicted octanol–water partition coefficient (Wildman–Crippen LogP) is 1.03. The molecule has 0 aromatic heterocycles. The Balaban J connectivity index is 3.87. The molecule has 0 bridgehead atoms. The van der Waals surface area contributed by atoms with E-state index in [0.29, 0.717) is 12.5 Å². The third kappa shape index (κ3) is 4.35. The lowest BCUT2D eigenvalue weighted by atomic mass is 10.3. The van der Waals surface area contributed by atoms with Crippen LogP contribution in [0.2, 0.25) is 6.04 Å². The smallest absolute Gasteiger partial charge is 0.377 e. The SMILES string of the molecule is CO[Si](CCCC=C=O)(OC)OC. The molecule has 0 N–H and O–H groups in total. The normalized spacial score (nSPS) is 11.0. The van der Waals surface area contributed by atoms with E-state index in [1.54, 1.807) is 27.3 Å². The van der Waals surface area contributed by atoms with Crippen LogP contribution in [0.4, 0.5) is 0 Å². The lowest BCUT2D eigenvalue weighted by molar-refractivity contribution is 0.123. The highest BCUT2D eigenvalue weighted by molar-refractivity contribution is 6.60. The quantitative estimate of drug-likeness (QED) is 0.353. The molecule has 0 rings (SSSR count). The van der Waals surface area contributed by atoms with Crippen molar-refractivity contribution in [1.29, 1.82) is 0 Å². The lowest BCUT2D eigenvalue weighted by Gasteiger charge is -2.23. The maximum atomic E-state index is 9.88. The second-order valence-corrected chi connectivity index (χ2v) is 5.60. The summed E-state index contributed by atoms with van der Waals surface area (Å²) in [5.41, 5.74) is 0. The summed E-state index contributed by atoms with van der Waals surface area (Å²) in [6.07, 6.45) is 2.96. The van der Waals surface area contributed by atoms with Crippen LogP contribution in [-0.4, -0.2) is 36.1 Å². The molecule has 5 heteroatoms. The molecule has 13 heavy (non-hydrogen) atoms. The first-order valence-electron chi connectivity index (χ1n) is 4.09. The first-order valence-corrected chi connectivity index (χ1v) is 6.02. The van der Waals surface area contributed by atoms with Crippen molar-refractivity contribution in [3.8, 4) is 0 Å². The van der Waals surface area contributed by atoms with E-state index in [1.807, 2.05) is 0 Å². The molecule has 0 aromatic carbocycles. The molecule has 0 heterocycles. The van der Waals surface area contributed by atoms with E-state index in [4.69, 9.17) is 13.3 Å². The first kappa shape index (κ1) is 12.5. The molecule has 0 aliphatic carbocycles. The number of carbonyl (C=O) groups excluding carboxylic acids is 1. The Kier molecular flexibility index (Phi) is 6.76. The Labute approximate surface area is 79.9 Å². The van der Waals surface area contributed by atoms with Crippen molar-refractivity contribution in [2.24, 2.45) is 0 Å². The van der Waals surface area contributed by atoms with Gasteiger partial charge in [-0.2, -0.15) is 0 Å². The zero-order valence-corrected chi connectivity index (χ0v) is 9.33. The summed E-state index contributed by atoms with van der Waals surface area (Å²) in [5, 5.41) is 0. The van der Waals surface area contributed by atoms with Gasteiger partial charge in [0, 0.05) is 27.4 Å². The van der Waals surface area contributed by atoms with Crippen LogP contribution in [-0.2, 0) is 18.1 Å². The van der Waals surface area contributed by atoms with E-state index in [9.17, 15) is 4.79 Å². The van der Waals surface area contributed by atoms with Gasteiger partial charge in [0.05, 0.1) is 0 Å². The average molecular weight is 204 g/mol. The minimum absolute atomic E-state index is 0.689. The van der Waals surface area contributed by atoms with Crippen LogP contribution in [0.3, 0.4) is 0 Å². The van der Waals surface area contributed by atoms with Gasteiger partial charge in [-0.05, 0) is 18.9 Å². The molecule has 0 radical (unpaired) electrons. The van der Waals surface area contributed by atoms with E-state index in [1.165, 1.54) is 6.08 Å². The first-order chi connectivity index (χ1) is 6.24. The second-order valence-electron chi connectivity index (χ2n) is 2.51. The standard InChI is InChI=1S/C8H16O4Si/c1-10-13(11-2,12-3)8-6-4-5-7-9/h5H,4,6,8H2,1-3H3. The van der Waals surface area contributed by atoms with E-state index in [-0.39, 0.29) is 0 Å². The van der Waals surface area contributed by atoms with Gasteiger partial charge >= 0.3 is 8.80 Å². The third-order valence-electron chi connectivity index (χ3n) is 1.85. The minimum Gasteiger partial charge on any atom is -0.377 e. The van der Waals surface area contributed by atoms with E-state index < -0.39 is 8.80 Å². The molecule has 0 aliphatic heterocycles. The van der Waals surface area contributed by atoms with Crippen LogP contribution in [0.25, 0.3) is 0 Å². The fourth-order valence-corrected chi connectivity index (χ4v) is 2.79. The van der Waals surface area contributed by atoms with E-state index in [2.05, 4.69) is 0 Å². The summed E-state index contributed by atoms with van der Waals surface area (Å²) in [5.74, 6) is 1.73. The highest BCUT2D eigenvalue weighted by Crippen LogP contribution is 2.15. The summed E-state index contributed by atoms with van der Waals surface area (Å²) in [7, 11) is 2.32. The Morgan fingerprint density at radius 3 is 2.15 bits per heavy atom. The largest absolute Gasteiger partial charge is 0.500 e. The summed E-state index contributed by atoms with van der Waals surface area (Å²) in [4.78, 5) is 9.88. The fourth-order valence-electron chi connectivity index (χ4n) is 1.04. The molecule has 0 spiro atoms. The van der Waals surface area contributed by atoms with Crippen LogP contribution in [0.5, 0.6) is 0 Å². The molecule has 0 unspecified atom stereocenters. The predicted molar refractivity (Wildman–Crippen MR) is 51.1 cm³/mol. The molecule has 0 amide bonds. The number of allylic oxidation sites excluding steroid dienone is 1. The van der Waals surface area contributed by atoms with Gasteiger partial charge in [-0.25, -0.2) is 4.79 Å². The second kappa shape index (κ2) is 7.00. The van der Waals surface area contributed by atoms with Gasteiger partial charge in [-0.1, -0.05) is 0 Å². The Hall–Kier alpha value is -0.453. The van der Waals surface area contributed by atoms with Crippen molar-refractivity contribution in [2.45, 2.75) is 18.9 Å². The summed E-state index contributed by atoms with van der Waals surface area (Å²) in [6, 6.07) is 0.717. The average Bonchev–Trinajstić information content (AvgIpc) is 2.20.